The van der Waals surface area contributed by atoms with Gasteiger partial charge >= 0.3 is 0 Å². The lowest BCUT2D eigenvalue weighted by Gasteiger charge is -2.32. The molecule has 1 aliphatic heterocycles. The molecule has 0 saturated heterocycles. The highest BCUT2D eigenvalue weighted by Gasteiger charge is 2.30. The zero-order valence-corrected chi connectivity index (χ0v) is 19.5. The number of aryl methyl sites for hydroxylation is 1. The minimum atomic E-state index is 0.153. The van der Waals surface area contributed by atoms with Gasteiger partial charge in [0, 0.05) is 41.0 Å². The molecule has 5 nitrogen and oxygen atoms in total. The SMILES string of the molecule is Cc1ncc(CC(=O)NC2CCC(CCN3CCc4sc(C5CC5)nc4C3)CC2)s1. The molecule has 0 unspecified atom stereocenters. The highest BCUT2D eigenvalue weighted by Crippen LogP contribution is 2.43. The van der Waals surface area contributed by atoms with Gasteiger partial charge in [-0.1, -0.05) is 0 Å². The fourth-order valence-corrected chi connectivity index (χ4v) is 6.88. The molecule has 0 bridgehead atoms. The van der Waals surface area contributed by atoms with Crippen molar-refractivity contribution in [2.75, 3.05) is 13.1 Å². The van der Waals surface area contributed by atoms with Gasteiger partial charge in [0.1, 0.15) is 0 Å². The average Bonchev–Trinajstić information content (AvgIpc) is 3.38. The number of hydrogen-bond acceptors (Lipinski definition) is 6. The van der Waals surface area contributed by atoms with Gasteiger partial charge in [-0.3, -0.25) is 9.69 Å². The van der Waals surface area contributed by atoms with Crippen LogP contribution in [0.25, 0.3) is 0 Å². The number of hydrogen-bond donors (Lipinski definition) is 1. The van der Waals surface area contributed by atoms with Crippen molar-refractivity contribution in [1.82, 2.24) is 20.2 Å². The van der Waals surface area contributed by atoms with Crippen molar-refractivity contribution < 1.29 is 4.79 Å². The lowest BCUT2D eigenvalue weighted by molar-refractivity contribution is -0.121. The summed E-state index contributed by atoms with van der Waals surface area (Å²) < 4.78 is 0. The Balaban J connectivity index is 1.02. The van der Waals surface area contributed by atoms with Crippen molar-refractivity contribution in [2.45, 2.75) is 83.2 Å². The largest absolute Gasteiger partial charge is 0.353 e. The number of thiazole rings is 2. The van der Waals surface area contributed by atoms with Gasteiger partial charge in [0.25, 0.3) is 0 Å². The molecule has 30 heavy (non-hydrogen) atoms. The maximum absolute atomic E-state index is 12.3. The lowest BCUT2D eigenvalue weighted by atomic mass is 9.84. The van der Waals surface area contributed by atoms with E-state index in [9.17, 15) is 4.79 Å². The second kappa shape index (κ2) is 9.05. The number of nitrogens with zero attached hydrogens (tertiary/aromatic N) is 3. The van der Waals surface area contributed by atoms with Gasteiger partial charge in [-0.25, -0.2) is 9.97 Å². The molecule has 7 heteroatoms. The van der Waals surface area contributed by atoms with Crippen LogP contribution in [0.15, 0.2) is 6.20 Å². The highest BCUT2D eigenvalue weighted by atomic mass is 32.1. The normalized spacial score (nSPS) is 24.6. The molecule has 162 valence electrons. The summed E-state index contributed by atoms with van der Waals surface area (Å²) in [5.41, 5.74) is 1.37. The maximum atomic E-state index is 12.3. The van der Waals surface area contributed by atoms with Crippen molar-refractivity contribution in [3.8, 4) is 0 Å². The van der Waals surface area contributed by atoms with E-state index in [-0.39, 0.29) is 5.91 Å². The molecule has 2 aliphatic carbocycles. The van der Waals surface area contributed by atoms with Crippen molar-refractivity contribution in [3.63, 3.8) is 0 Å². The van der Waals surface area contributed by atoms with E-state index in [1.165, 1.54) is 62.3 Å². The minimum Gasteiger partial charge on any atom is -0.353 e. The van der Waals surface area contributed by atoms with Crippen LogP contribution in [0.1, 0.15) is 76.3 Å². The monoisotopic (exact) mass is 444 g/mol. The van der Waals surface area contributed by atoms with E-state index in [0.29, 0.717) is 12.5 Å². The standard InChI is InChI=1S/C23H32N4OS2/c1-15-24-13-19(29-15)12-22(28)25-18-6-2-16(3-7-18)8-10-27-11-9-21-20(14-27)26-23(30-21)17-4-5-17/h13,16-18H,2-12,14H2,1H3,(H,25,28). The Bertz CT molecular complexity index is 880. The molecule has 1 amide bonds. The van der Waals surface area contributed by atoms with E-state index in [1.54, 1.807) is 16.2 Å². The summed E-state index contributed by atoms with van der Waals surface area (Å²) in [6.45, 7) is 5.43. The Hall–Kier alpha value is -1.31. The third-order valence-corrected chi connectivity index (χ3v) is 9.05. The van der Waals surface area contributed by atoms with Gasteiger partial charge in [0.15, 0.2) is 0 Å². The Morgan fingerprint density at radius 2 is 2.03 bits per heavy atom. The lowest BCUT2D eigenvalue weighted by Crippen LogP contribution is -2.39. The van der Waals surface area contributed by atoms with Gasteiger partial charge in [-0.05, 0) is 70.8 Å². The van der Waals surface area contributed by atoms with Crippen molar-refractivity contribution >= 4 is 28.6 Å². The maximum Gasteiger partial charge on any atom is 0.225 e. The first kappa shape index (κ1) is 20.6. The molecule has 0 spiro atoms. The first-order valence-corrected chi connectivity index (χ1v) is 13.2. The number of carbonyl (C=O) groups excluding carboxylic acids is 1. The minimum absolute atomic E-state index is 0.153. The van der Waals surface area contributed by atoms with E-state index >= 15 is 0 Å². The van der Waals surface area contributed by atoms with Crippen LogP contribution in [-0.2, 0) is 24.2 Å². The quantitative estimate of drug-likeness (QED) is 0.685. The van der Waals surface area contributed by atoms with E-state index in [2.05, 4.69) is 15.2 Å². The zero-order chi connectivity index (χ0) is 20.5. The summed E-state index contributed by atoms with van der Waals surface area (Å²) in [6.07, 6.45) is 12.2. The summed E-state index contributed by atoms with van der Waals surface area (Å²) in [6, 6.07) is 0.358. The van der Waals surface area contributed by atoms with Crippen LogP contribution in [-0.4, -0.2) is 39.9 Å². The smallest absolute Gasteiger partial charge is 0.225 e. The fraction of sp³-hybridized carbons (Fsp3) is 0.696. The third kappa shape index (κ3) is 5.11. The van der Waals surface area contributed by atoms with Crippen molar-refractivity contribution in [2.24, 2.45) is 5.92 Å². The van der Waals surface area contributed by atoms with Gasteiger partial charge in [-0.2, -0.15) is 0 Å². The fourth-order valence-electron chi connectivity index (χ4n) is 4.85. The zero-order valence-electron chi connectivity index (χ0n) is 17.9. The number of rotatable bonds is 7. The topological polar surface area (TPSA) is 58.1 Å². The second-order valence-electron chi connectivity index (χ2n) is 9.32. The molecule has 2 saturated carbocycles. The van der Waals surface area contributed by atoms with E-state index < -0.39 is 0 Å². The van der Waals surface area contributed by atoms with Crippen LogP contribution in [0.5, 0.6) is 0 Å². The Morgan fingerprint density at radius 1 is 1.20 bits per heavy atom. The first-order valence-electron chi connectivity index (χ1n) is 11.5. The molecule has 2 fully saturated rings. The first-order chi connectivity index (χ1) is 14.6. The summed E-state index contributed by atoms with van der Waals surface area (Å²) >= 11 is 3.61. The van der Waals surface area contributed by atoms with Crippen LogP contribution in [0.4, 0.5) is 0 Å². The number of carbonyl (C=O) groups is 1. The van der Waals surface area contributed by atoms with Crippen LogP contribution in [0.2, 0.25) is 0 Å². The number of amides is 1. The molecule has 5 rings (SSSR count). The molecule has 2 aromatic heterocycles. The predicted molar refractivity (Wildman–Crippen MR) is 122 cm³/mol. The molecule has 1 N–H and O–H groups in total. The van der Waals surface area contributed by atoms with Gasteiger partial charge in [0.05, 0.1) is 22.1 Å². The molecular weight excluding hydrogens is 412 g/mol. The number of nitrogens with one attached hydrogen (secondary N) is 1. The Labute approximate surface area is 187 Å². The predicted octanol–water partition coefficient (Wildman–Crippen LogP) is 4.45. The van der Waals surface area contributed by atoms with Crippen molar-refractivity contribution in [3.05, 3.63) is 31.7 Å². The van der Waals surface area contributed by atoms with Crippen LogP contribution in [0.3, 0.4) is 0 Å². The second-order valence-corrected chi connectivity index (χ2v) is 11.8. The van der Waals surface area contributed by atoms with Crippen LogP contribution in [0, 0.1) is 12.8 Å². The molecule has 3 aliphatic rings. The molecular formula is C23H32N4OS2. The summed E-state index contributed by atoms with van der Waals surface area (Å²) in [4.78, 5) is 26.7. The Morgan fingerprint density at radius 3 is 2.77 bits per heavy atom. The molecule has 0 atom stereocenters. The van der Waals surface area contributed by atoms with E-state index in [0.717, 1.165) is 41.1 Å². The van der Waals surface area contributed by atoms with Gasteiger partial charge in [0.2, 0.25) is 5.91 Å². The van der Waals surface area contributed by atoms with E-state index in [1.807, 2.05) is 24.5 Å². The average molecular weight is 445 g/mol. The van der Waals surface area contributed by atoms with Crippen molar-refractivity contribution in [1.29, 1.82) is 0 Å². The number of aromatic nitrogens is 2. The van der Waals surface area contributed by atoms with Crippen LogP contribution >= 0.6 is 22.7 Å². The van der Waals surface area contributed by atoms with Gasteiger partial charge in [-0.15, -0.1) is 22.7 Å². The molecule has 3 heterocycles. The highest BCUT2D eigenvalue weighted by molar-refractivity contribution is 7.12. The summed E-state index contributed by atoms with van der Waals surface area (Å²) in [5, 5.41) is 5.69. The third-order valence-electron chi connectivity index (χ3n) is 6.82. The summed E-state index contributed by atoms with van der Waals surface area (Å²) in [5.74, 6) is 1.75. The van der Waals surface area contributed by atoms with Gasteiger partial charge < -0.3 is 5.32 Å². The van der Waals surface area contributed by atoms with Crippen LogP contribution < -0.4 is 5.32 Å². The molecule has 2 aromatic rings. The van der Waals surface area contributed by atoms with E-state index in [4.69, 9.17) is 4.98 Å². The number of fused-ring (bicyclic) bond motifs is 1. The molecule has 0 aromatic carbocycles. The molecule has 0 radical (unpaired) electrons. The summed E-state index contributed by atoms with van der Waals surface area (Å²) in [7, 11) is 0. The Kier molecular flexibility index (Phi) is 6.21.